The monoisotopic (exact) mass is 261 g/mol. The molecular weight excluding hydrogens is 234 g/mol. The van der Waals surface area contributed by atoms with Crippen LogP contribution >= 0.6 is 0 Å². The molecule has 3 nitrogen and oxygen atoms in total. The molecule has 2 heterocycles. The Morgan fingerprint density at radius 3 is 2.21 bits per heavy atom. The van der Waals surface area contributed by atoms with Gasteiger partial charge >= 0.3 is 0 Å². The van der Waals surface area contributed by atoms with Crippen molar-refractivity contribution < 1.29 is 0 Å². The Morgan fingerprint density at radius 1 is 1.16 bits per heavy atom. The van der Waals surface area contributed by atoms with E-state index in [1.165, 1.54) is 24.2 Å². The zero-order valence-corrected chi connectivity index (χ0v) is 13.0. The van der Waals surface area contributed by atoms with E-state index in [9.17, 15) is 0 Å². The Kier molecular flexibility index (Phi) is 4.14. The van der Waals surface area contributed by atoms with E-state index in [0.29, 0.717) is 0 Å². The molecule has 0 bridgehead atoms. The predicted octanol–water partition coefficient (Wildman–Crippen LogP) is 2.91. The van der Waals surface area contributed by atoms with Gasteiger partial charge in [-0.3, -0.25) is 4.98 Å². The molecule has 19 heavy (non-hydrogen) atoms. The zero-order valence-electron chi connectivity index (χ0n) is 13.0. The minimum absolute atomic E-state index is 0.135. The molecule has 1 aliphatic rings. The molecule has 2 rings (SSSR count). The van der Waals surface area contributed by atoms with Crippen LogP contribution in [0.2, 0.25) is 0 Å². The average molecular weight is 261 g/mol. The fourth-order valence-corrected chi connectivity index (χ4v) is 2.66. The summed E-state index contributed by atoms with van der Waals surface area (Å²) in [4.78, 5) is 9.43. The molecule has 1 fully saturated rings. The van der Waals surface area contributed by atoms with Gasteiger partial charge in [0.25, 0.3) is 0 Å². The van der Waals surface area contributed by atoms with Gasteiger partial charge in [0.05, 0.1) is 11.9 Å². The molecule has 0 radical (unpaired) electrons. The number of hydrogen-bond donors (Lipinski definition) is 0. The van der Waals surface area contributed by atoms with Crippen LogP contribution in [0.5, 0.6) is 0 Å². The van der Waals surface area contributed by atoms with Gasteiger partial charge in [-0.1, -0.05) is 20.8 Å². The number of hydrogen-bond acceptors (Lipinski definition) is 3. The van der Waals surface area contributed by atoms with Crippen molar-refractivity contribution in [1.82, 2.24) is 9.88 Å². The summed E-state index contributed by atoms with van der Waals surface area (Å²) in [5, 5.41) is 0. The normalized spacial score (nSPS) is 18.1. The maximum Gasteiger partial charge on any atom is 0.0552 e. The minimum atomic E-state index is 0.135. The highest BCUT2D eigenvalue weighted by Gasteiger charge is 2.21. The lowest BCUT2D eigenvalue weighted by molar-refractivity contribution is 0.249. The largest absolute Gasteiger partial charge is 0.370 e. The summed E-state index contributed by atoms with van der Waals surface area (Å²) in [7, 11) is 4.36. The van der Waals surface area contributed by atoms with Crippen LogP contribution in [0.25, 0.3) is 0 Å². The van der Waals surface area contributed by atoms with E-state index in [2.05, 4.69) is 61.8 Å². The van der Waals surface area contributed by atoms with Crippen molar-refractivity contribution in [2.45, 2.75) is 45.1 Å². The topological polar surface area (TPSA) is 19.4 Å². The summed E-state index contributed by atoms with van der Waals surface area (Å²) in [5.41, 5.74) is 2.57. The second-order valence-corrected chi connectivity index (χ2v) is 6.83. The molecule has 0 aromatic carbocycles. The fourth-order valence-electron chi connectivity index (χ4n) is 2.66. The standard InChI is InChI=1S/C16H27N3/c1-16(2,3)15-7-6-14(12-17-15)19-10-8-13(9-11-19)18(4)5/h6-7,12-13H,8-11H2,1-5H3. The van der Waals surface area contributed by atoms with Crippen LogP contribution < -0.4 is 4.90 Å². The van der Waals surface area contributed by atoms with Gasteiger partial charge in [-0.15, -0.1) is 0 Å². The first-order valence-corrected chi connectivity index (χ1v) is 7.26. The smallest absolute Gasteiger partial charge is 0.0552 e. The number of pyridine rings is 1. The predicted molar refractivity (Wildman–Crippen MR) is 81.9 cm³/mol. The van der Waals surface area contributed by atoms with Crippen LogP contribution in [0.3, 0.4) is 0 Å². The summed E-state index contributed by atoms with van der Waals surface area (Å²) in [6, 6.07) is 5.13. The second-order valence-electron chi connectivity index (χ2n) is 6.83. The molecule has 0 spiro atoms. The number of rotatable bonds is 2. The molecular formula is C16H27N3. The van der Waals surface area contributed by atoms with Crippen molar-refractivity contribution in [3.05, 3.63) is 24.0 Å². The Hall–Kier alpha value is -1.09. The molecule has 1 aromatic heterocycles. The maximum absolute atomic E-state index is 4.63. The summed E-state index contributed by atoms with van der Waals surface area (Å²) in [5.74, 6) is 0. The molecule has 0 N–H and O–H groups in total. The minimum Gasteiger partial charge on any atom is -0.370 e. The van der Waals surface area contributed by atoms with E-state index in [1.54, 1.807) is 0 Å². The fraction of sp³-hybridized carbons (Fsp3) is 0.688. The van der Waals surface area contributed by atoms with Gasteiger partial charge in [0, 0.05) is 30.2 Å². The number of anilines is 1. The Balaban J connectivity index is 2.00. The van der Waals surface area contributed by atoms with Gasteiger partial charge in [-0.25, -0.2) is 0 Å². The van der Waals surface area contributed by atoms with Crippen molar-refractivity contribution in [2.75, 3.05) is 32.1 Å². The lowest BCUT2D eigenvalue weighted by atomic mass is 9.91. The number of aromatic nitrogens is 1. The van der Waals surface area contributed by atoms with Crippen LogP contribution in [0, 0.1) is 0 Å². The van der Waals surface area contributed by atoms with E-state index in [0.717, 1.165) is 19.1 Å². The zero-order chi connectivity index (χ0) is 14.0. The number of piperidine rings is 1. The van der Waals surface area contributed by atoms with Gasteiger partial charge in [-0.05, 0) is 39.1 Å². The first-order chi connectivity index (χ1) is 8.88. The van der Waals surface area contributed by atoms with Gasteiger partial charge in [0.1, 0.15) is 0 Å². The van der Waals surface area contributed by atoms with E-state index >= 15 is 0 Å². The first kappa shape index (κ1) is 14.3. The van der Waals surface area contributed by atoms with E-state index < -0.39 is 0 Å². The lowest BCUT2D eigenvalue weighted by Crippen LogP contribution is -2.42. The Bertz CT molecular complexity index is 395. The third-order valence-corrected chi connectivity index (χ3v) is 4.08. The highest BCUT2D eigenvalue weighted by Crippen LogP contribution is 2.24. The molecule has 0 atom stereocenters. The molecule has 1 aromatic rings. The number of nitrogens with zero attached hydrogens (tertiary/aromatic N) is 3. The third kappa shape index (κ3) is 3.47. The third-order valence-electron chi connectivity index (χ3n) is 4.08. The highest BCUT2D eigenvalue weighted by molar-refractivity contribution is 5.45. The lowest BCUT2D eigenvalue weighted by Gasteiger charge is -2.36. The van der Waals surface area contributed by atoms with Crippen LogP contribution in [0.4, 0.5) is 5.69 Å². The first-order valence-electron chi connectivity index (χ1n) is 7.26. The van der Waals surface area contributed by atoms with Crippen LogP contribution in [0.15, 0.2) is 18.3 Å². The molecule has 106 valence electrons. The second kappa shape index (κ2) is 5.49. The summed E-state index contributed by atoms with van der Waals surface area (Å²) in [6.07, 6.45) is 4.53. The van der Waals surface area contributed by atoms with Crippen LogP contribution in [-0.2, 0) is 5.41 Å². The highest BCUT2D eigenvalue weighted by atomic mass is 15.2. The van der Waals surface area contributed by atoms with E-state index in [4.69, 9.17) is 0 Å². The van der Waals surface area contributed by atoms with Crippen molar-refractivity contribution in [3.63, 3.8) is 0 Å². The Labute approximate surface area is 117 Å². The van der Waals surface area contributed by atoms with E-state index in [-0.39, 0.29) is 5.41 Å². The molecule has 1 saturated heterocycles. The SMILES string of the molecule is CN(C)C1CCN(c2ccc(C(C)(C)C)nc2)CC1. The molecule has 0 unspecified atom stereocenters. The molecule has 3 heteroatoms. The summed E-state index contributed by atoms with van der Waals surface area (Å²) < 4.78 is 0. The van der Waals surface area contributed by atoms with Crippen molar-refractivity contribution in [1.29, 1.82) is 0 Å². The average Bonchev–Trinajstić information content (AvgIpc) is 2.38. The van der Waals surface area contributed by atoms with Gasteiger partial charge in [0.15, 0.2) is 0 Å². The van der Waals surface area contributed by atoms with Crippen molar-refractivity contribution >= 4 is 5.69 Å². The molecule has 0 amide bonds. The van der Waals surface area contributed by atoms with Crippen LogP contribution in [-0.4, -0.2) is 43.1 Å². The summed E-state index contributed by atoms with van der Waals surface area (Å²) in [6.45, 7) is 8.89. The van der Waals surface area contributed by atoms with Gasteiger partial charge < -0.3 is 9.80 Å². The Morgan fingerprint density at radius 2 is 1.79 bits per heavy atom. The maximum atomic E-state index is 4.63. The van der Waals surface area contributed by atoms with Gasteiger partial charge in [0.2, 0.25) is 0 Å². The quantitative estimate of drug-likeness (QED) is 0.816. The summed E-state index contributed by atoms with van der Waals surface area (Å²) >= 11 is 0. The molecule has 0 saturated carbocycles. The van der Waals surface area contributed by atoms with Crippen molar-refractivity contribution in [3.8, 4) is 0 Å². The molecule has 1 aliphatic heterocycles. The van der Waals surface area contributed by atoms with Crippen LogP contribution in [0.1, 0.15) is 39.3 Å². The van der Waals surface area contributed by atoms with Gasteiger partial charge in [-0.2, -0.15) is 0 Å². The van der Waals surface area contributed by atoms with E-state index in [1.807, 2.05) is 6.20 Å². The van der Waals surface area contributed by atoms with Crippen molar-refractivity contribution in [2.24, 2.45) is 0 Å². The molecule has 0 aliphatic carbocycles.